The Kier molecular flexibility index (Phi) is 4.57. The van der Waals surface area contributed by atoms with Crippen molar-refractivity contribution in [1.29, 1.82) is 0 Å². The van der Waals surface area contributed by atoms with E-state index in [4.69, 9.17) is 15.0 Å². The molecular formula is C15H20FN3O2. The number of nitrogens with two attached hydrogens (primary N) is 1. The zero-order valence-electron chi connectivity index (χ0n) is 12.5. The second-order valence-electron chi connectivity index (χ2n) is 4.79. The molecule has 0 bridgehead atoms. The Morgan fingerprint density at radius 1 is 1.29 bits per heavy atom. The predicted octanol–water partition coefficient (Wildman–Crippen LogP) is 3.51. The molecule has 21 heavy (non-hydrogen) atoms. The van der Waals surface area contributed by atoms with Crippen molar-refractivity contribution in [3.05, 3.63) is 29.8 Å². The van der Waals surface area contributed by atoms with Crippen LogP contribution in [-0.2, 0) is 10.3 Å². The summed E-state index contributed by atoms with van der Waals surface area (Å²) < 4.78 is 24.2. The maximum absolute atomic E-state index is 13.1. The van der Waals surface area contributed by atoms with Crippen molar-refractivity contribution in [2.45, 2.75) is 39.2 Å². The molecule has 2 rings (SSSR count). The highest BCUT2D eigenvalue weighted by Crippen LogP contribution is 2.33. The van der Waals surface area contributed by atoms with E-state index in [9.17, 15) is 4.39 Å². The summed E-state index contributed by atoms with van der Waals surface area (Å²) in [5.74, 6) is 0.364. The minimum Gasteiger partial charge on any atom is -0.398 e. The van der Waals surface area contributed by atoms with Gasteiger partial charge in [0.05, 0.1) is 5.56 Å². The van der Waals surface area contributed by atoms with Crippen LogP contribution in [0.1, 0.15) is 39.4 Å². The van der Waals surface area contributed by atoms with Crippen LogP contribution in [0.3, 0.4) is 0 Å². The van der Waals surface area contributed by atoms with Gasteiger partial charge in [-0.05, 0) is 38.0 Å². The first-order valence-corrected chi connectivity index (χ1v) is 7.09. The number of hydrogen-bond donors (Lipinski definition) is 1. The standard InChI is InChI=1S/C15H20FN3O2/c1-4-15(5-2,20-6-3)14-18-13(21-19-14)11-8-7-10(16)9-12(11)17/h7-9H,4-6,17H2,1-3H3. The fourth-order valence-electron chi connectivity index (χ4n) is 2.36. The summed E-state index contributed by atoms with van der Waals surface area (Å²) in [5, 5.41) is 4.03. The molecule has 1 aromatic heterocycles. The summed E-state index contributed by atoms with van der Waals surface area (Å²) >= 11 is 0. The highest BCUT2D eigenvalue weighted by Gasteiger charge is 2.34. The van der Waals surface area contributed by atoms with Gasteiger partial charge in [0.1, 0.15) is 11.4 Å². The molecule has 0 saturated heterocycles. The monoisotopic (exact) mass is 293 g/mol. The van der Waals surface area contributed by atoms with Crippen molar-refractivity contribution >= 4 is 5.69 Å². The lowest BCUT2D eigenvalue weighted by Crippen LogP contribution is -2.29. The van der Waals surface area contributed by atoms with Gasteiger partial charge in [-0.2, -0.15) is 4.98 Å². The van der Waals surface area contributed by atoms with Gasteiger partial charge in [0.15, 0.2) is 0 Å². The smallest absolute Gasteiger partial charge is 0.260 e. The number of hydrogen-bond acceptors (Lipinski definition) is 5. The molecule has 0 aliphatic carbocycles. The summed E-state index contributed by atoms with van der Waals surface area (Å²) in [7, 11) is 0. The molecule has 2 aromatic rings. The highest BCUT2D eigenvalue weighted by atomic mass is 19.1. The molecule has 2 N–H and O–H groups in total. The second-order valence-corrected chi connectivity index (χ2v) is 4.79. The molecule has 114 valence electrons. The van der Waals surface area contributed by atoms with Crippen molar-refractivity contribution in [2.24, 2.45) is 0 Å². The quantitative estimate of drug-likeness (QED) is 0.825. The van der Waals surface area contributed by atoms with Gasteiger partial charge in [-0.1, -0.05) is 19.0 Å². The van der Waals surface area contributed by atoms with E-state index in [-0.39, 0.29) is 11.6 Å². The molecule has 1 heterocycles. The van der Waals surface area contributed by atoms with Gasteiger partial charge < -0.3 is 15.0 Å². The van der Waals surface area contributed by atoms with Crippen molar-refractivity contribution < 1.29 is 13.7 Å². The molecule has 0 spiro atoms. The van der Waals surface area contributed by atoms with Crippen LogP contribution in [0, 0.1) is 5.82 Å². The Labute approximate surface area is 123 Å². The number of ether oxygens (including phenoxy) is 1. The van der Waals surface area contributed by atoms with Crippen molar-refractivity contribution in [1.82, 2.24) is 10.1 Å². The summed E-state index contributed by atoms with van der Waals surface area (Å²) in [6.07, 6.45) is 1.46. The van der Waals surface area contributed by atoms with E-state index in [2.05, 4.69) is 10.1 Å². The first kappa shape index (κ1) is 15.4. The molecule has 0 saturated carbocycles. The molecule has 6 heteroatoms. The molecule has 5 nitrogen and oxygen atoms in total. The summed E-state index contributed by atoms with van der Waals surface area (Å²) in [4.78, 5) is 4.40. The molecule has 0 radical (unpaired) electrons. The van der Waals surface area contributed by atoms with Crippen LogP contribution in [-0.4, -0.2) is 16.7 Å². The molecule has 0 atom stereocenters. The van der Waals surface area contributed by atoms with Crippen molar-refractivity contribution in [3.8, 4) is 11.5 Å². The zero-order chi connectivity index (χ0) is 15.5. The molecule has 0 unspecified atom stereocenters. The van der Waals surface area contributed by atoms with Crippen LogP contribution < -0.4 is 5.73 Å². The topological polar surface area (TPSA) is 74.2 Å². The minimum atomic E-state index is -0.564. The highest BCUT2D eigenvalue weighted by molar-refractivity contribution is 5.70. The Morgan fingerprint density at radius 3 is 2.57 bits per heavy atom. The molecule has 0 fully saturated rings. The summed E-state index contributed by atoms with van der Waals surface area (Å²) in [6.45, 7) is 6.52. The van der Waals surface area contributed by atoms with Gasteiger partial charge in [0.2, 0.25) is 5.82 Å². The Bertz CT molecular complexity index is 609. The van der Waals surface area contributed by atoms with Crippen LogP contribution in [0.15, 0.2) is 22.7 Å². The van der Waals surface area contributed by atoms with E-state index in [1.54, 1.807) is 0 Å². The van der Waals surface area contributed by atoms with Gasteiger partial charge in [-0.3, -0.25) is 0 Å². The van der Waals surface area contributed by atoms with Crippen molar-refractivity contribution in [3.63, 3.8) is 0 Å². The molecule has 0 aliphatic rings. The van der Waals surface area contributed by atoms with Crippen LogP contribution >= 0.6 is 0 Å². The Hall–Kier alpha value is -1.95. The van der Waals surface area contributed by atoms with Crippen molar-refractivity contribution in [2.75, 3.05) is 12.3 Å². The lowest BCUT2D eigenvalue weighted by atomic mass is 9.96. The van der Waals surface area contributed by atoms with E-state index >= 15 is 0 Å². The first-order valence-electron chi connectivity index (χ1n) is 7.09. The molecular weight excluding hydrogens is 273 g/mol. The molecule has 0 aliphatic heterocycles. The Balaban J connectivity index is 2.40. The third kappa shape index (κ3) is 2.90. The fourth-order valence-corrected chi connectivity index (χ4v) is 2.36. The third-order valence-electron chi connectivity index (χ3n) is 3.64. The summed E-state index contributed by atoms with van der Waals surface area (Å²) in [5.41, 5.74) is 6.02. The summed E-state index contributed by atoms with van der Waals surface area (Å²) in [6, 6.07) is 4.07. The molecule has 0 amide bonds. The van der Waals surface area contributed by atoms with E-state index < -0.39 is 11.4 Å². The maximum Gasteiger partial charge on any atom is 0.260 e. The average Bonchev–Trinajstić information content (AvgIpc) is 2.95. The minimum absolute atomic E-state index is 0.264. The van der Waals surface area contributed by atoms with Gasteiger partial charge in [-0.25, -0.2) is 4.39 Å². The van der Waals surface area contributed by atoms with E-state index in [0.29, 0.717) is 18.0 Å². The molecule has 1 aromatic carbocycles. The number of benzene rings is 1. The average molecular weight is 293 g/mol. The SMILES string of the molecule is CCOC(CC)(CC)c1noc(-c2ccc(F)cc2N)n1. The lowest BCUT2D eigenvalue weighted by molar-refractivity contribution is -0.0583. The van der Waals surface area contributed by atoms with Crippen LogP contribution in [0.25, 0.3) is 11.5 Å². The number of nitrogens with zero attached hydrogens (tertiary/aromatic N) is 2. The van der Waals surface area contributed by atoms with Gasteiger partial charge in [-0.15, -0.1) is 0 Å². The fraction of sp³-hybridized carbons (Fsp3) is 0.467. The number of anilines is 1. The largest absolute Gasteiger partial charge is 0.398 e. The van der Waals surface area contributed by atoms with E-state index in [0.717, 1.165) is 12.8 Å². The third-order valence-corrected chi connectivity index (χ3v) is 3.64. The van der Waals surface area contributed by atoms with Crippen LogP contribution in [0.4, 0.5) is 10.1 Å². The zero-order valence-corrected chi connectivity index (χ0v) is 12.5. The van der Waals surface area contributed by atoms with Gasteiger partial charge >= 0.3 is 0 Å². The first-order chi connectivity index (χ1) is 10.1. The van der Waals surface area contributed by atoms with E-state index in [1.165, 1.54) is 18.2 Å². The Morgan fingerprint density at radius 2 is 2.00 bits per heavy atom. The van der Waals surface area contributed by atoms with E-state index in [1.807, 2.05) is 20.8 Å². The number of nitrogen functional groups attached to an aromatic ring is 1. The van der Waals surface area contributed by atoms with Gasteiger partial charge in [0, 0.05) is 12.3 Å². The van der Waals surface area contributed by atoms with Gasteiger partial charge in [0.25, 0.3) is 5.89 Å². The normalized spacial score (nSPS) is 11.8. The number of rotatable bonds is 6. The number of halogens is 1. The predicted molar refractivity (Wildman–Crippen MR) is 78.0 cm³/mol. The van der Waals surface area contributed by atoms with Crippen LogP contribution in [0.5, 0.6) is 0 Å². The number of aromatic nitrogens is 2. The second kappa shape index (κ2) is 6.22. The maximum atomic E-state index is 13.1. The lowest BCUT2D eigenvalue weighted by Gasteiger charge is -2.27. The van der Waals surface area contributed by atoms with Crippen LogP contribution in [0.2, 0.25) is 0 Å².